The van der Waals surface area contributed by atoms with E-state index in [9.17, 15) is 0 Å². The highest BCUT2D eigenvalue weighted by Crippen LogP contribution is 2.33. The van der Waals surface area contributed by atoms with Crippen molar-refractivity contribution in [1.82, 2.24) is 5.32 Å². The van der Waals surface area contributed by atoms with Crippen molar-refractivity contribution in [3.8, 4) is 0 Å². The van der Waals surface area contributed by atoms with Crippen LogP contribution >= 0.6 is 11.6 Å². The predicted molar refractivity (Wildman–Crippen MR) is 72.7 cm³/mol. The van der Waals surface area contributed by atoms with Crippen LogP contribution in [0.15, 0.2) is 0 Å². The lowest BCUT2D eigenvalue weighted by Gasteiger charge is -2.40. The van der Waals surface area contributed by atoms with Gasteiger partial charge in [-0.15, -0.1) is 11.6 Å². The number of ether oxygens (including phenoxy) is 1. The molecule has 100 valence electrons. The largest absolute Gasteiger partial charge is 0.377 e. The number of nitrogens with one attached hydrogen (secondary N) is 1. The molecular weight excluding hydrogens is 234 g/mol. The van der Waals surface area contributed by atoms with E-state index in [0.717, 1.165) is 24.9 Å². The summed E-state index contributed by atoms with van der Waals surface area (Å²) >= 11 is 6.20. The second-order valence-corrected chi connectivity index (χ2v) is 6.23. The highest BCUT2D eigenvalue weighted by molar-refractivity contribution is 6.18. The zero-order chi connectivity index (χ0) is 12.1. The van der Waals surface area contributed by atoms with E-state index in [-0.39, 0.29) is 5.54 Å². The molecule has 17 heavy (non-hydrogen) atoms. The van der Waals surface area contributed by atoms with Crippen LogP contribution in [0.2, 0.25) is 0 Å². The Bertz CT molecular complexity index is 220. The van der Waals surface area contributed by atoms with E-state index in [1.54, 1.807) is 0 Å². The van der Waals surface area contributed by atoms with Crippen molar-refractivity contribution in [2.24, 2.45) is 5.92 Å². The van der Waals surface area contributed by atoms with Crippen LogP contribution in [0.1, 0.15) is 51.9 Å². The van der Waals surface area contributed by atoms with Gasteiger partial charge in [-0.3, -0.25) is 0 Å². The van der Waals surface area contributed by atoms with E-state index in [1.165, 1.54) is 44.9 Å². The Morgan fingerprint density at radius 1 is 1.24 bits per heavy atom. The summed E-state index contributed by atoms with van der Waals surface area (Å²) in [6.07, 6.45) is 9.25. The summed E-state index contributed by atoms with van der Waals surface area (Å²) in [5.41, 5.74) is 0.189. The molecule has 1 saturated carbocycles. The maximum Gasteiger partial charge on any atom is 0.0699 e. The van der Waals surface area contributed by atoms with E-state index in [2.05, 4.69) is 12.2 Å². The van der Waals surface area contributed by atoms with Gasteiger partial charge in [-0.1, -0.05) is 6.92 Å². The lowest BCUT2D eigenvalue weighted by Crippen LogP contribution is -2.52. The first-order valence-corrected chi connectivity index (χ1v) is 7.70. The molecule has 0 radical (unpaired) electrons. The molecule has 1 saturated heterocycles. The molecule has 1 unspecified atom stereocenters. The molecule has 0 aromatic carbocycles. The van der Waals surface area contributed by atoms with Crippen molar-refractivity contribution in [3.05, 3.63) is 0 Å². The molecule has 0 amide bonds. The van der Waals surface area contributed by atoms with E-state index < -0.39 is 0 Å². The smallest absolute Gasteiger partial charge is 0.0699 e. The Balaban J connectivity index is 1.78. The Morgan fingerprint density at radius 3 is 2.59 bits per heavy atom. The molecule has 0 bridgehead atoms. The van der Waals surface area contributed by atoms with Gasteiger partial charge in [0, 0.05) is 24.6 Å². The molecule has 0 spiro atoms. The molecule has 0 aromatic heterocycles. The first-order chi connectivity index (χ1) is 8.24. The third-order valence-corrected chi connectivity index (χ3v) is 4.98. The summed E-state index contributed by atoms with van der Waals surface area (Å²) in [5, 5.41) is 3.72. The highest BCUT2D eigenvalue weighted by atomic mass is 35.5. The van der Waals surface area contributed by atoms with Gasteiger partial charge in [0.15, 0.2) is 0 Å². The van der Waals surface area contributed by atoms with Gasteiger partial charge in [-0.2, -0.15) is 0 Å². The third-order valence-electron chi connectivity index (χ3n) is 4.47. The Hall–Kier alpha value is 0.210. The topological polar surface area (TPSA) is 21.3 Å². The highest BCUT2D eigenvalue weighted by Gasteiger charge is 2.33. The van der Waals surface area contributed by atoms with Crippen LogP contribution in [0.5, 0.6) is 0 Å². The summed E-state index contributed by atoms with van der Waals surface area (Å²) in [6.45, 7) is 4.28. The minimum Gasteiger partial charge on any atom is -0.377 e. The van der Waals surface area contributed by atoms with Crippen LogP contribution in [0, 0.1) is 5.92 Å². The molecule has 0 aromatic rings. The average Bonchev–Trinajstić information content (AvgIpc) is 2.40. The van der Waals surface area contributed by atoms with Gasteiger partial charge < -0.3 is 10.1 Å². The fourth-order valence-corrected chi connectivity index (χ4v) is 3.33. The normalized spacial score (nSPS) is 39.2. The van der Waals surface area contributed by atoms with Crippen molar-refractivity contribution in [2.45, 2.75) is 63.5 Å². The molecule has 2 fully saturated rings. The number of rotatable bonds is 4. The standard InChI is InChI=1S/C14H26ClNO/c1-12-5-7-14(11-15,8-6-12)16-10-13-4-2-3-9-17-13/h12-13,16H,2-11H2,1H3. The molecule has 2 nitrogen and oxygen atoms in total. The summed E-state index contributed by atoms with van der Waals surface area (Å²) in [5.74, 6) is 1.62. The van der Waals surface area contributed by atoms with Crippen LogP contribution in [0.25, 0.3) is 0 Å². The molecule has 1 N–H and O–H groups in total. The molecule has 2 rings (SSSR count). The maximum absolute atomic E-state index is 6.20. The Kier molecular flexibility index (Phi) is 5.13. The lowest BCUT2D eigenvalue weighted by atomic mass is 9.78. The van der Waals surface area contributed by atoms with Gasteiger partial charge in [0.2, 0.25) is 0 Å². The van der Waals surface area contributed by atoms with Crippen molar-refractivity contribution >= 4 is 11.6 Å². The minimum atomic E-state index is 0.189. The van der Waals surface area contributed by atoms with Crippen LogP contribution in [0.4, 0.5) is 0 Å². The summed E-state index contributed by atoms with van der Waals surface area (Å²) in [4.78, 5) is 0. The zero-order valence-electron chi connectivity index (χ0n) is 11.0. The van der Waals surface area contributed by atoms with Crippen molar-refractivity contribution in [2.75, 3.05) is 19.0 Å². The summed E-state index contributed by atoms with van der Waals surface area (Å²) < 4.78 is 5.77. The van der Waals surface area contributed by atoms with Crippen LogP contribution in [0.3, 0.4) is 0 Å². The predicted octanol–water partition coefficient (Wildman–Crippen LogP) is 3.33. The first-order valence-electron chi connectivity index (χ1n) is 7.17. The minimum absolute atomic E-state index is 0.189. The molecule has 1 aliphatic heterocycles. The van der Waals surface area contributed by atoms with Gasteiger partial charge >= 0.3 is 0 Å². The molecule has 1 aliphatic carbocycles. The second kappa shape index (κ2) is 6.40. The summed E-state index contributed by atoms with van der Waals surface area (Å²) in [6, 6.07) is 0. The fraction of sp³-hybridized carbons (Fsp3) is 1.00. The van der Waals surface area contributed by atoms with Crippen LogP contribution < -0.4 is 5.32 Å². The molecular formula is C14H26ClNO. The van der Waals surface area contributed by atoms with Gasteiger partial charge in [0.25, 0.3) is 0 Å². The van der Waals surface area contributed by atoms with E-state index in [0.29, 0.717) is 6.10 Å². The van der Waals surface area contributed by atoms with Gasteiger partial charge in [0.1, 0.15) is 0 Å². The van der Waals surface area contributed by atoms with Crippen molar-refractivity contribution < 1.29 is 4.74 Å². The fourth-order valence-electron chi connectivity index (χ4n) is 2.97. The SMILES string of the molecule is CC1CCC(CCl)(NCC2CCCCO2)CC1. The summed E-state index contributed by atoms with van der Waals surface area (Å²) in [7, 11) is 0. The first kappa shape index (κ1) is 13.6. The number of hydrogen-bond donors (Lipinski definition) is 1. The zero-order valence-corrected chi connectivity index (χ0v) is 11.8. The van der Waals surface area contributed by atoms with Gasteiger partial charge in [-0.05, 0) is 50.9 Å². The molecule has 1 atom stereocenters. The number of alkyl halides is 1. The van der Waals surface area contributed by atoms with E-state index >= 15 is 0 Å². The molecule has 1 heterocycles. The van der Waals surface area contributed by atoms with Crippen LogP contribution in [-0.4, -0.2) is 30.7 Å². The molecule has 3 heteroatoms. The number of halogens is 1. The van der Waals surface area contributed by atoms with Crippen molar-refractivity contribution in [1.29, 1.82) is 0 Å². The number of hydrogen-bond acceptors (Lipinski definition) is 2. The Morgan fingerprint density at radius 2 is 2.00 bits per heavy atom. The van der Waals surface area contributed by atoms with Gasteiger partial charge in [0.05, 0.1) is 6.10 Å². The lowest BCUT2D eigenvalue weighted by molar-refractivity contribution is 0.0104. The maximum atomic E-state index is 6.20. The van der Waals surface area contributed by atoms with Crippen molar-refractivity contribution in [3.63, 3.8) is 0 Å². The average molecular weight is 260 g/mol. The quantitative estimate of drug-likeness (QED) is 0.782. The monoisotopic (exact) mass is 259 g/mol. The van der Waals surface area contributed by atoms with Crippen LogP contribution in [-0.2, 0) is 4.74 Å². The third kappa shape index (κ3) is 3.84. The Labute approximate surface area is 110 Å². The molecule has 2 aliphatic rings. The van der Waals surface area contributed by atoms with Gasteiger partial charge in [-0.25, -0.2) is 0 Å². The van der Waals surface area contributed by atoms with E-state index in [4.69, 9.17) is 16.3 Å². The second-order valence-electron chi connectivity index (χ2n) is 5.97. The van der Waals surface area contributed by atoms with E-state index in [1.807, 2.05) is 0 Å².